The third kappa shape index (κ3) is 3.86. The topological polar surface area (TPSA) is 28.6 Å². The van der Waals surface area contributed by atoms with Gasteiger partial charge in [-0.3, -0.25) is 9.88 Å². The Balaban J connectivity index is 1.18. The number of hydrogen-bond acceptors (Lipinski definition) is 4. The Kier molecular flexibility index (Phi) is 5.47. The molecule has 4 nitrogen and oxygen atoms in total. The first-order valence-corrected chi connectivity index (χ1v) is 13.2. The second kappa shape index (κ2) is 9.11. The van der Waals surface area contributed by atoms with E-state index in [9.17, 15) is 0 Å². The smallest absolute Gasteiger partial charge is 0.151 e. The number of rotatable bonds is 5. The molecule has 7 rings (SSSR count). The summed E-state index contributed by atoms with van der Waals surface area (Å²) < 4.78 is 6.47. The predicted molar refractivity (Wildman–Crippen MR) is 145 cm³/mol. The SMILES string of the molecule is c1ccc(CCN2C3CCC2CC(N2c4ccccc4Oc4cc(-c5ccncc5)ccc42)C3)cc1. The number of ether oxygens (including phenoxy) is 1. The fraction of sp³-hybridized carbons (Fsp3) is 0.281. The number of pyridine rings is 1. The second-order valence-electron chi connectivity index (χ2n) is 10.3. The lowest BCUT2D eigenvalue weighted by molar-refractivity contribution is 0.129. The minimum atomic E-state index is 0.478. The monoisotopic (exact) mass is 473 g/mol. The Hall–Kier alpha value is -3.63. The highest BCUT2D eigenvalue weighted by Crippen LogP contribution is 2.51. The predicted octanol–water partition coefficient (Wildman–Crippen LogP) is 7.23. The molecule has 180 valence electrons. The summed E-state index contributed by atoms with van der Waals surface area (Å²) in [7, 11) is 0. The van der Waals surface area contributed by atoms with Crippen LogP contribution in [0, 0.1) is 0 Å². The first kappa shape index (κ1) is 21.6. The molecule has 2 bridgehead atoms. The van der Waals surface area contributed by atoms with Crippen LogP contribution in [0.2, 0.25) is 0 Å². The minimum Gasteiger partial charge on any atom is -0.453 e. The average Bonchev–Trinajstić information content (AvgIpc) is 3.17. The van der Waals surface area contributed by atoms with Crippen molar-refractivity contribution in [3.63, 3.8) is 0 Å². The number of para-hydroxylation sites is 2. The highest BCUT2D eigenvalue weighted by molar-refractivity contribution is 5.81. The van der Waals surface area contributed by atoms with Gasteiger partial charge in [-0.25, -0.2) is 0 Å². The Bertz CT molecular complexity index is 1340. The molecule has 36 heavy (non-hydrogen) atoms. The largest absolute Gasteiger partial charge is 0.453 e. The maximum atomic E-state index is 6.47. The molecule has 1 aromatic heterocycles. The lowest BCUT2D eigenvalue weighted by atomic mass is 9.93. The molecule has 3 aliphatic rings. The molecule has 2 unspecified atom stereocenters. The van der Waals surface area contributed by atoms with Gasteiger partial charge in [0.15, 0.2) is 11.5 Å². The number of piperidine rings is 1. The van der Waals surface area contributed by atoms with Crippen LogP contribution < -0.4 is 9.64 Å². The first-order chi connectivity index (χ1) is 17.8. The molecule has 0 aliphatic carbocycles. The summed E-state index contributed by atoms with van der Waals surface area (Å²) in [6, 6.07) is 32.1. The van der Waals surface area contributed by atoms with Crippen molar-refractivity contribution < 1.29 is 4.74 Å². The quantitative estimate of drug-likeness (QED) is 0.306. The second-order valence-corrected chi connectivity index (χ2v) is 10.3. The van der Waals surface area contributed by atoms with Crippen LogP contribution in [0.4, 0.5) is 11.4 Å². The standard InChI is InChI=1S/C32H31N3O/c1-2-6-23(7-3-1)16-19-34-26-11-12-27(34)22-28(21-26)35-29-8-4-5-9-31(29)36-32-20-25(10-13-30(32)35)24-14-17-33-18-15-24/h1-10,13-15,17-18,20,26-28H,11-12,16,19,21-22H2. The molecular formula is C32H31N3O. The van der Waals surface area contributed by atoms with Crippen LogP contribution in [-0.2, 0) is 6.42 Å². The normalized spacial score (nSPS) is 22.6. The van der Waals surface area contributed by atoms with Crippen LogP contribution in [0.15, 0.2) is 97.3 Å². The van der Waals surface area contributed by atoms with Crippen molar-refractivity contribution >= 4 is 11.4 Å². The molecular weight excluding hydrogens is 442 g/mol. The molecule has 4 heterocycles. The zero-order valence-electron chi connectivity index (χ0n) is 20.5. The molecule has 0 N–H and O–H groups in total. The third-order valence-corrected chi connectivity index (χ3v) is 8.30. The van der Waals surface area contributed by atoms with Gasteiger partial charge in [0.05, 0.1) is 11.4 Å². The van der Waals surface area contributed by atoms with E-state index in [0.717, 1.165) is 35.6 Å². The van der Waals surface area contributed by atoms with Crippen LogP contribution in [0.3, 0.4) is 0 Å². The summed E-state index contributed by atoms with van der Waals surface area (Å²) in [5.41, 5.74) is 6.15. The summed E-state index contributed by atoms with van der Waals surface area (Å²) in [6.07, 6.45) is 9.86. The fourth-order valence-electron chi connectivity index (χ4n) is 6.63. The minimum absolute atomic E-state index is 0.478. The van der Waals surface area contributed by atoms with Gasteiger partial charge >= 0.3 is 0 Å². The van der Waals surface area contributed by atoms with E-state index in [1.807, 2.05) is 12.4 Å². The Morgan fingerprint density at radius 1 is 0.694 bits per heavy atom. The van der Waals surface area contributed by atoms with Crippen LogP contribution >= 0.6 is 0 Å². The van der Waals surface area contributed by atoms with Crippen molar-refractivity contribution in [1.29, 1.82) is 0 Å². The molecule has 3 aliphatic heterocycles. The molecule has 4 heteroatoms. The van der Waals surface area contributed by atoms with Crippen molar-refractivity contribution in [2.75, 3.05) is 11.4 Å². The van der Waals surface area contributed by atoms with Crippen molar-refractivity contribution in [2.24, 2.45) is 0 Å². The number of benzene rings is 3. The van der Waals surface area contributed by atoms with E-state index in [1.165, 1.54) is 42.6 Å². The van der Waals surface area contributed by atoms with E-state index in [-0.39, 0.29) is 0 Å². The van der Waals surface area contributed by atoms with Gasteiger partial charge in [-0.2, -0.15) is 0 Å². The average molecular weight is 474 g/mol. The molecule has 0 spiro atoms. The van der Waals surface area contributed by atoms with Gasteiger partial charge in [-0.15, -0.1) is 0 Å². The van der Waals surface area contributed by atoms with Gasteiger partial charge in [-0.05, 0) is 85.2 Å². The van der Waals surface area contributed by atoms with Crippen molar-refractivity contribution in [3.05, 3.63) is 103 Å². The Labute approximate surface area is 213 Å². The van der Waals surface area contributed by atoms with E-state index in [0.29, 0.717) is 18.1 Å². The summed E-state index contributed by atoms with van der Waals surface area (Å²) >= 11 is 0. The van der Waals surface area contributed by atoms with Gasteiger partial charge in [0.2, 0.25) is 0 Å². The Morgan fingerprint density at radius 3 is 2.22 bits per heavy atom. The zero-order chi connectivity index (χ0) is 23.9. The summed E-state index contributed by atoms with van der Waals surface area (Å²) in [6.45, 7) is 1.16. The maximum Gasteiger partial charge on any atom is 0.151 e. The van der Waals surface area contributed by atoms with Crippen molar-refractivity contribution in [2.45, 2.75) is 50.2 Å². The van der Waals surface area contributed by atoms with Gasteiger partial charge in [0, 0.05) is 37.1 Å². The summed E-state index contributed by atoms with van der Waals surface area (Å²) in [4.78, 5) is 9.57. The van der Waals surface area contributed by atoms with Gasteiger partial charge < -0.3 is 9.64 Å². The summed E-state index contributed by atoms with van der Waals surface area (Å²) in [5, 5.41) is 0. The number of anilines is 2. The van der Waals surface area contributed by atoms with Crippen molar-refractivity contribution in [3.8, 4) is 22.6 Å². The number of aromatic nitrogens is 1. The highest BCUT2D eigenvalue weighted by atomic mass is 16.5. The van der Waals surface area contributed by atoms with Gasteiger partial charge in [0.25, 0.3) is 0 Å². The lowest BCUT2D eigenvalue weighted by Crippen LogP contribution is -2.50. The number of nitrogens with zero attached hydrogens (tertiary/aromatic N) is 3. The summed E-state index contributed by atoms with van der Waals surface area (Å²) in [5.74, 6) is 1.90. The molecule has 2 saturated heterocycles. The van der Waals surface area contributed by atoms with Gasteiger partial charge in [0.1, 0.15) is 0 Å². The van der Waals surface area contributed by atoms with E-state index >= 15 is 0 Å². The van der Waals surface area contributed by atoms with Crippen LogP contribution in [0.25, 0.3) is 11.1 Å². The van der Waals surface area contributed by atoms with Gasteiger partial charge in [-0.1, -0.05) is 48.5 Å². The lowest BCUT2D eigenvalue weighted by Gasteiger charge is -2.46. The van der Waals surface area contributed by atoms with Crippen LogP contribution in [-0.4, -0.2) is 34.6 Å². The number of hydrogen-bond donors (Lipinski definition) is 0. The van der Waals surface area contributed by atoms with E-state index in [1.54, 1.807) is 0 Å². The van der Waals surface area contributed by atoms with E-state index < -0.39 is 0 Å². The molecule has 2 atom stereocenters. The maximum absolute atomic E-state index is 6.47. The highest BCUT2D eigenvalue weighted by Gasteiger charge is 2.44. The molecule has 0 radical (unpaired) electrons. The number of fused-ring (bicyclic) bond motifs is 4. The van der Waals surface area contributed by atoms with E-state index in [4.69, 9.17) is 4.74 Å². The third-order valence-electron chi connectivity index (χ3n) is 8.30. The molecule has 0 saturated carbocycles. The molecule has 4 aromatic rings. The van der Waals surface area contributed by atoms with Crippen LogP contribution in [0.5, 0.6) is 11.5 Å². The first-order valence-electron chi connectivity index (χ1n) is 13.2. The molecule has 0 amide bonds. The van der Waals surface area contributed by atoms with Crippen molar-refractivity contribution in [1.82, 2.24) is 9.88 Å². The Morgan fingerprint density at radius 2 is 1.42 bits per heavy atom. The molecule has 2 fully saturated rings. The molecule has 3 aromatic carbocycles. The zero-order valence-corrected chi connectivity index (χ0v) is 20.5. The van der Waals surface area contributed by atoms with Crippen LogP contribution in [0.1, 0.15) is 31.2 Å². The fourth-order valence-corrected chi connectivity index (χ4v) is 6.63. The van der Waals surface area contributed by atoms with E-state index in [2.05, 4.69) is 99.7 Å².